The van der Waals surface area contributed by atoms with Gasteiger partial charge in [0.1, 0.15) is 18.5 Å². The van der Waals surface area contributed by atoms with Crippen LogP contribution < -0.4 is 10.1 Å². The lowest BCUT2D eigenvalue weighted by Gasteiger charge is -2.31. The number of benzene rings is 2. The van der Waals surface area contributed by atoms with Gasteiger partial charge < -0.3 is 15.2 Å². The van der Waals surface area contributed by atoms with Crippen LogP contribution in [0.5, 0.6) is 5.75 Å². The summed E-state index contributed by atoms with van der Waals surface area (Å²) >= 11 is 0. The summed E-state index contributed by atoms with van der Waals surface area (Å²) in [5.41, 5.74) is 4.42. The van der Waals surface area contributed by atoms with E-state index in [1.807, 2.05) is 6.07 Å². The van der Waals surface area contributed by atoms with Gasteiger partial charge in [0.15, 0.2) is 0 Å². The number of nitrogens with one attached hydrogen (secondary N) is 1. The van der Waals surface area contributed by atoms with Crippen LogP contribution in [0.25, 0.3) is 12.2 Å². The molecule has 32 heavy (non-hydrogen) atoms. The fourth-order valence-corrected chi connectivity index (χ4v) is 3.44. The Morgan fingerprint density at radius 3 is 1.78 bits per heavy atom. The number of β-amino-alcohol motifs (C(OH)–C–C–N with tert-alkyl or cyclic N) is 1. The van der Waals surface area contributed by atoms with Gasteiger partial charge in [0.2, 0.25) is 0 Å². The molecule has 2 N–H and O–H groups in total. The number of aliphatic hydroxyl groups is 1. The highest BCUT2D eigenvalue weighted by Gasteiger charge is 2.28. The van der Waals surface area contributed by atoms with Gasteiger partial charge in [-0.2, -0.15) is 0 Å². The molecule has 0 fully saturated rings. The van der Waals surface area contributed by atoms with E-state index in [-0.39, 0.29) is 23.0 Å². The van der Waals surface area contributed by atoms with Crippen LogP contribution in [0, 0.1) is 0 Å². The number of rotatable bonds is 7. The van der Waals surface area contributed by atoms with Crippen molar-refractivity contribution in [3.05, 3.63) is 64.7 Å². The van der Waals surface area contributed by atoms with Crippen molar-refractivity contribution in [2.45, 2.75) is 84.8 Å². The molecule has 2 aromatic rings. The van der Waals surface area contributed by atoms with Gasteiger partial charge in [-0.1, -0.05) is 84.0 Å². The SMILES string of the molecule is CC(C)(C)NCC(O)COc1c(C(C)(C)C)cc(/C=C/c2ccccc2)cc1C(C)(C)C. The van der Waals surface area contributed by atoms with E-state index < -0.39 is 6.10 Å². The Balaban J connectivity index is 2.41. The maximum atomic E-state index is 10.5. The third kappa shape index (κ3) is 8.11. The molecule has 176 valence electrons. The largest absolute Gasteiger partial charge is 0.490 e. The zero-order valence-electron chi connectivity index (χ0n) is 21.5. The minimum absolute atomic E-state index is 0.0408. The topological polar surface area (TPSA) is 41.5 Å². The molecule has 0 saturated heterocycles. The van der Waals surface area contributed by atoms with E-state index in [1.165, 1.54) is 5.56 Å². The molecule has 0 saturated carbocycles. The van der Waals surface area contributed by atoms with E-state index in [4.69, 9.17) is 4.74 Å². The van der Waals surface area contributed by atoms with E-state index in [0.29, 0.717) is 6.54 Å². The summed E-state index contributed by atoms with van der Waals surface area (Å²) in [7, 11) is 0. The van der Waals surface area contributed by atoms with Crippen molar-refractivity contribution in [3.63, 3.8) is 0 Å². The summed E-state index contributed by atoms with van der Waals surface area (Å²) in [6.45, 7) is 20.3. The highest BCUT2D eigenvalue weighted by molar-refractivity contribution is 5.71. The minimum Gasteiger partial charge on any atom is -0.490 e. The van der Waals surface area contributed by atoms with Gasteiger partial charge in [0, 0.05) is 23.2 Å². The number of ether oxygens (including phenoxy) is 1. The average molecular weight is 438 g/mol. The molecule has 0 amide bonds. The van der Waals surface area contributed by atoms with Crippen molar-refractivity contribution in [1.29, 1.82) is 0 Å². The predicted octanol–water partition coefficient (Wildman–Crippen LogP) is 6.58. The Morgan fingerprint density at radius 2 is 1.31 bits per heavy atom. The summed E-state index contributed by atoms with van der Waals surface area (Å²) in [6, 6.07) is 14.8. The lowest BCUT2D eigenvalue weighted by atomic mass is 9.78. The van der Waals surface area contributed by atoms with Crippen LogP contribution in [-0.4, -0.2) is 29.9 Å². The van der Waals surface area contributed by atoms with Crippen molar-refractivity contribution >= 4 is 12.2 Å². The zero-order valence-corrected chi connectivity index (χ0v) is 21.5. The Labute approximate surface area is 195 Å². The summed E-state index contributed by atoms with van der Waals surface area (Å²) in [4.78, 5) is 0. The van der Waals surface area contributed by atoms with Crippen LogP contribution in [0.1, 0.15) is 84.6 Å². The number of hydrogen-bond acceptors (Lipinski definition) is 3. The van der Waals surface area contributed by atoms with Crippen LogP contribution in [0.15, 0.2) is 42.5 Å². The fraction of sp³-hybridized carbons (Fsp3) is 0.517. The van der Waals surface area contributed by atoms with Gasteiger partial charge in [-0.25, -0.2) is 0 Å². The second kappa shape index (κ2) is 10.2. The van der Waals surface area contributed by atoms with E-state index in [2.05, 4.69) is 116 Å². The Bertz CT molecular complexity index is 858. The molecule has 0 aliphatic carbocycles. The predicted molar refractivity (Wildman–Crippen MR) is 138 cm³/mol. The van der Waals surface area contributed by atoms with Crippen molar-refractivity contribution in [3.8, 4) is 5.75 Å². The van der Waals surface area contributed by atoms with Crippen LogP contribution in [0.4, 0.5) is 0 Å². The normalized spacial score (nSPS) is 14.1. The van der Waals surface area contributed by atoms with Crippen molar-refractivity contribution in [1.82, 2.24) is 5.32 Å². The molecule has 3 heteroatoms. The molecule has 0 aliphatic heterocycles. The first-order valence-electron chi connectivity index (χ1n) is 11.6. The maximum Gasteiger partial charge on any atom is 0.126 e. The molecular weight excluding hydrogens is 394 g/mol. The monoisotopic (exact) mass is 437 g/mol. The molecule has 2 aromatic carbocycles. The molecule has 1 unspecified atom stereocenters. The zero-order chi connectivity index (χ0) is 24.2. The quantitative estimate of drug-likeness (QED) is 0.481. The Kier molecular flexibility index (Phi) is 8.36. The average Bonchev–Trinajstić information content (AvgIpc) is 2.67. The molecule has 1 atom stereocenters. The van der Waals surface area contributed by atoms with Crippen LogP contribution in [0.2, 0.25) is 0 Å². The highest BCUT2D eigenvalue weighted by atomic mass is 16.5. The van der Waals surface area contributed by atoms with Crippen molar-refractivity contribution in [2.24, 2.45) is 0 Å². The maximum absolute atomic E-state index is 10.5. The highest BCUT2D eigenvalue weighted by Crippen LogP contribution is 2.41. The minimum atomic E-state index is -0.576. The third-order valence-electron chi connectivity index (χ3n) is 5.28. The first kappa shape index (κ1) is 26.2. The van der Waals surface area contributed by atoms with Gasteiger partial charge in [0.05, 0.1) is 0 Å². The van der Waals surface area contributed by atoms with Crippen molar-refractivity contribution < 1.29 is 9.84 Å². The standard InChI is InChI=1S/C29H43NO2/c1-27(2,3)24-17-22(16-15-21-13-11-10-12-14-21)18-25(28(4,5)6)26(24)32-20-23(31)19-30-29(7,8)9/h10-18,23,30-31H,19-20H2,1-9H3/b16-15+. The van der Waals surface area contributed by atoms with Crippen molar-refractivity contribution in [2.75, 3.05) is 13.2 Å². The molecule has 2 rings (SSSR count). The smallest absolute Gasteiger partial charge is 0.126 e. The Hall–Kier alpha value is -2.10. The van der Waals surface area contributed by atoms with Gasteiger partial charge in [-0.15, -0.1) is 0 Å². The summed E-state index contributed by atoms with van der Waals surface area (Å²) in [6.07, 6.45) is 3.75. The Morgan fingerprint density at radius 1 is 0.812 bits per heavy atom. The van der Waals surface area contributed by atoms with Crippen LogP contribution in [-0.2, 0) is 10.8 Å². The molecule has 0 bridgehead atoms. The van der Waals surface area contributed by atoms with Gasteiger partial charge in [-0.3, -0.25) is 0 Å². The van der Waals surface area contributed by atoms with Crippen LogP contribution >= 0.6 is 0 Å². The van der Waals surface area contributed by atoms with Gasteiger partial charge >= 0.3 is 0 Å². The summed E-state index contributed by atoms with van der Waals surface area (Å²) < 4.78 is 6.35. The van der Waals surface area contributed by atoms with E-state index >= 15 is 0 Å². The number of aliphatic hydroxyl groups excluding tert-OH is 1. The molecule has 0 radical (unpaired) electrons. The lowest BCUT2D eigenvalue weighted by molar-refractivity contribution is 0.0980. The van der Waals surface area contributed by atoms with Gasteiger partial charge in [-0.05, 0) is 54.9 Å². The summed E-state index contributed by atoms with van der Waals surface area (Å²) in [5.74, 6) is 0.900. The van der Waals surface area contributed by atoms with Crippen LogP contribution in [0.3, 0.4) is 0 Å². The van der Waals surface area contributed by atoms with E-state index in [0.717, 1.165) is 22.4 Å². The van der Waals surface area contributed by atoms with E-state index in [9.17, 15) is 5.11 Å². The lowest BCUT2D eigenvalue weighted by Crippen LogP contribution is -2.42. The molecule has 0 aromatic heterocycles. The first-order valence-corrected chi connectivity index (χ1v) is 11.6. The molecule has 0 aliphatic rings. The second-order valence-corrected chi connectivity index (χ2v) is 11.8. The fourth-order valence-electron chi connectivity index (χ4n) is 3.44. The summed E-state index contributed by atoms with van der Waals surface area (Å²) in [5, 5.41) is 13.9. The van der Waals surface area contributed by atoms with E-state index in [1.54, 1.807) is 0 Å². The third-order valence-corrected chi connectivity index (χ3v) is 5.28. The molecule has 0 spiro atoms. The molecule has 0 heterocycles. The first-order chi connectivity index (χ1) is 14.7. The molecular formula is C29H43NO2. The molecule has 3 nitrogen and oxygen atoms in total. The second-order valence-electron chi connectivity index (χ2n) is 11.8. The van der Waals surface area contributed by atoms with Gasteiger partial charge in [0.25, 0.3) is 0 Å². The number of hydrogen-bond donors (Lipinski definition) is 2.